The Hall–Kier alpha value is -1.86. The maximum Gasteiger partial charge on any atom is 0.416 e. The summed E-state index contributed by atoms with van der Waals surface area (Å²) in [6, 6.07) is 9.15. The highest BCUT2D eigenvalue weighted by Gasteiger charge is 2.32. The van der Waals surface area contributed by atoms with E-state index in [2.05, 4.69) is 4.99 Å². The quantitative estimate of drug-likeness (QED) is 0.413. The number of nitrogens with two attached hydrogens (primary N) is 1. The largest absolute Gasteiger partial charge is 0.416 e. The SMILES string of the molecule is CSc1ccc(Cl)c(N=C(N)N2CCCc3ccc(C(F)(F)F)cc32)c1. The Balaban J connectivity index is 2.01. The molecule has 0 bridgehead atoms. The van der Waals surface area contributed by atoms with Crippen molar-refractivity contribution < 1.29 is 13.2 Å². The van der Waals surface area contributed by atoms with Gasteiger partial charge >= 0.3 is 6.18 Å². The summed E-state index contributed by atoms with van der Waals surface area (Å²) in [7, 11) is 0. The van der Waals surface area contributed by atoms with Gasteiger partial charge in [-0.25, -0.2) is 4.99 Å². The van der Waals surface area contributed by atoms with Crippen LogP contribution in [0.25, 0.3) is 0 Å². The predicted octanol–water partition coefficient (Wildman–Crippen LogP) is 5.48. The molecule has 0 saturated heterocycles. The summed E-state index contributed by atoms with van der Waals surface area (Å²) >= 11 is 7.72. The third-order valence-electron chi connectivity index (χ3n) is 4.20. The molecule has 0 atom stereocenters. The molecule has 2 N–H and O–H groups in total. The Morgan fingerprint density at radius 3 is 2.69 bits per heavy atom. The number of rotatable bonds is 2. The van der Waals surface area contributed by atoms with Gasteiger partial charge in [-0.3, -0.25) is 0 Å². The number of thioether (sulfide) groups is 1. The summed E-state index contributed by atoms with van der Waals surface area (Å²) in [6.45, 7) is 0.503. The summed E-state index contributed by atoms with van der Waals surface area (Å²) in [5.74, 6) is 0.130. The first-order chi connectivity index (χ1) is 12.3. The van der Waals surface area contributed by atoms with Crippen LogP contribution in [-0.4, -0.2) is 18.8 Å². The molecule has 3 rings (SSSR count). The van der Waals surface area contributed by atoms with Crippen LogP contribution >= 0.6 is 23.4 Å². The van der Waals surface area contributed by atoms with Gasteiger partial charge in [0, 0.05) is 17.1 Å². The van der Waals surface area contributed by atoms with Crippen LogP contribution in [0.2, 0.25) is 5.02 Å². The number of hydrogen-bond donors (Lipinski definition) is 1. The first kappa shape index (κ1) is 18.9. The molecule has 0 spiro atoms. The lowest BCUT2D eigenvalue weighted by Crippen LogP contribution is -2.40. The van der Waals surface area contributed by atoms with Crippen molar-refractivity contribution in [1.29, 1.82) is 0 Å². The minimum atomic E-state index is -4.40. The topological polar surface area (TPSA) is 41.6 Å². The van der Waals surface area contributed by atoms with Crippen LogP contribution in [0, 0.1) is 0 Å². The summed E-state index contributed by atoms with van der Waals surface area (Å²) in [5.41, 5.74) is 7.22. The van der Waals surface area contributed by atoms with Crippen molar-refractivity contribution >= 4 is 40.7 Å². The monoisotopic (exact) mass is 399 g/mol. The van der Waals surface area contributed by atoms with Gasteiger partial charge in [0.2, 0.25) is 5.96 Å². The van der Waals surface area contributed by atoms with Gasteiger partial charge in [-0.05, 0) is 55.0 Å². The van der Waals surface area contributed by atoms with Crippen LogP contribution < -0.4 is 10.6 Å². The number of hydrogen-bond acceptors (Lipinski definition) is 2. The fourth-order valence-corrected chi connectivity index (χ4v) is 3.47. The first-order valence-electron chi connectivity index (χ1n) is 7.95. The van der Waals surface area contributed by atoms with Gasteiger partial charge < -0.3 is 10.6 Å². The molecule has 0 aromatic heterocycles. The highest BCUT2D eigenvalue weighted by Crippen LogP contribution is 2.36. The fraction of sp³-hybridized carbons (Fsp3) is 0.278. The molecule has 2 aromatic carbocycles. The second kappa shape index (κ2) is 7.40. The lowest BCUT2D eigenvalue weighted by Gasteiger charge is -2.31. The van der Waals surface area contributed by atoms with E-state index in [-0.39, 0.29) is 5.96 Å². The van der Waals surface area contributed by atoms with Gasteiger partial charge in [0.1, 0.15) is 0 Å². The first-order valence-corrected chi connectivity index (χ1v) is 9.55. The summed E-state index contributed by atoms with van der Waals surface area (Å²) < 4.78 is 39.2. The molecule has 0 fully saturated rings. The van der Waals surface area contributed by atoms with E-state index in [9.17, 15) is 13.2 Å². The number of aliphatic imine (C=N–C) groups is 1. The van der Waals surface area contributed by atoms with Crippen LogP contribution in [0.5, 0.6) is 0 Å². The average molecular weight is 400 g/mol. The molecule has 1 aliphatic heterocycles. The van der Waals surface area contributed by atoms with Crippen LogP contribution in [0.1, 0.15) is 17.5 Å². The summed E-state index contributed by atoms with van der Waals surface area (Å²) in [6.07, 6.45) is -0.979. The number of alkyl halides is 3. The van der Waals surface area contributed by atoms with Crippen molar-refractivity contribution in [2.45, 2.75) is 23.9 Å². The Morgan fingerprint density at radius 1 is 1.23 bits per heavy atom. The Bertz CT molecular complexity index is 852. The molecular weight excluding hydrogens is 383 g/mol. The van der Waals surface area contributed by atoms with Gasteiger partial charge in [0.25, 0.3) is 0 Å². The molecule has 1 aliphatic rings. The molecule has 0 unspecified atom stereocenters. The van der Waals surface area contributed by atoms with Crippen LogP contribution in [0.4, 0.5) is 24.5 Å². The molecule has 2 aromatic rings. The number of nitrogens with zero attached hydrogens (tertiary/aromatic N) is 2. The third kappa shape index (κ3) is 3.94. The second-order valence-corrected chi connectivity index (χ2v) is 7.17. The molecule has 1 heterocycles. The predicted molar refractivity (Wildman–Crippen MR) is 102 cm³/mol. The van der Waals surface area contributed by atoms with Gasteiger partial charge in [0.05, 0.1) is 16.3 Å². The Kier molecular flexibility index (Phi) is 5.39. The Labute approximate surface area is 159 Å². The highest BCUT2D eigenvalue weighted by molar-refractivity contribution is 7.98. The molecule has 0 saturated carbocycles. The average Bonchev–Trinajstić information content (AvgIpc) is 2.61. The van der Waals surface area contributed by atoms with Crippen molar-refractivity contribution in [3.63, 3.8) is 0 Å². The minimum absolute atomic E-state index is 0.130. The van der Waals surface area contributed by atoms with E-state index in [1.807, 2.05) is 12.3 Å². The zero-order chi connectivity index (χ0) is 18.9. The summed E-state index contributed by atoms with van der Waals surface area (Å²) in [5, 5.41) is 0.437. The molecule has 0 radical (unpaired) electrons. The van der Waals surface area contributed by atoms with Crippen molar-refractivity contribution in [3.05, 3.63) is 52.5 Å². The Morgan fingerprint density at radius 2 is 2.00 bits per heavy atom. The number of halogens is 4. The van der Waals surface area contributed by atoms with Crippen molar-refractivity contribution in [3.8, 4) is 0 Å². The maximum atomic E-state index is 13.1. The number of guanidine groups is 1. The van der Waals surface area contributed by atoms with Crippen molar-refractivity contribution in [1.82, 2.24) is 0 Å². The molecule has 26 heavy (non-hydrogen) atoms. The lowest BCUT2D eigenvalue weighted by atomic mass is 9.99. The standard InChI is InChI=1S/C18H17ClF3N3S/c1-26-13-6-7-14(19)15(10-13)24-17(23)25-8-2-3-11-4-5-12(9-16(11)25)18(20,21)22/h4-7,9-10H,2-3,8H2,1H3,(H2,23,24). The molecule has 0 amide bonds. The van der Waals surface area contributed by atoms with E-state index < -0.39 is 11.7 Å². The van der Waals surface area contributed by atoms with E-state index >= 15 is 0 Å². The zero-order valence-electron chi connectivity index (χ0n) is 14.0. The van der Waals surface area contributed by atoms with Crippen LogP contribution in [-0.2, 0) is 12.6 Å². The molecular formula is C18H17ClF3N3S. The van der Waals surface area contributed by atoms with Crippen LogP contribution in [0.3, 0.4) is 0 Å². The second-order valence-electron chi connectivity index (χ2n) is 5.88. The third-order valence-corrected chi connectivity index (χ3v) is 5.24. The van der Waals surface area contributed by atoms with Gasteiger partial charge in [-0.2, -0.15) is 13.2 Å². The zero-order valence-corrected chi connectivity index (χ0v) is 15.5. The fourth-order valence-electron chi connectivity index (χ4n) is 2.88. The van der Waals surface area contributed by atoms with Crippen molar-refractivity contribution in [2.75, 3.05) is 17.7 Å². The van der Waals surface area contributed by atoms with E-state index in [4.69, 9.17) is 17.3 Å². The smallest absolute Gasteiger partial charge is 0.369 e. The molecule has 3 nitrogen and oxygen atoms in total. The van der Waals surface area contributed by atoms with E-state index in [0.29, 0.717) is 29.4 Å². The number of aryl methyl sites for hydroxylation is 1. The van der Waals surface area contributed by atoms with E-state index in [1.54, 1.807) is 28.8 Å². The maximum absolute atomic E-state index is 13.1. The molecule has 0 aliphatic carbocycles. The number of benzene rings is 2. The van der Waals surface area contributed by atoms with E-state index in [0.717, 1.165) is 29.0 Å². The van der Waals surface area contributed by atoms with E-state index in [1.165, 1.54) is 6.07 Å². The van der Waals surface area contributed by atoms with Gasteiger partial charge in [-0.1, -0.05) is 17.7 Å². The summed E-state index contributed by atoms with van der Waals surface area (Å²) in [4.78, 5) is 6.97. The van der Waals surface area contributed by atoms with Crippen LogP contribution in [0.15, 0.2) is 46.3 Å². The van der Waals surface area contributed by atoms with Gasteiger partial charge in [-0.15, -0.1) is 11.8 Å². The number of anilines is 1. The molecule has 8 heteroatoms. The molecule has 138 valence electrons. The van der Waals surface area contributed by atoms with Gasteiger partial charge in [0.15, 0.2) is 0 Å². The number of fused-ring (bicyclic) bond motifs is 1. The minimum Gasteiger partial charge on any atom is -0.369 e. The van der Waals surface area contributed by atoms with Crippen molar-refractivity contribution in [2.24, 2.45) is 10.7 Å². The lowest BCUT2D eigenvalue weighted by molar-refractivity contribution is -0.137. The normalized spacial score (nSPS) is 15.1. The highest BCUT2D eigenvalue weighted by atomic mass is 35.5.